The summed E-state index contributed by atoms with van der Waals surface area (Å²) >= 11 is 0. The van der Waals surface area contributed by atoms with Gasteiger partial charge in [-0.1, -0.05) is 18.2 Å². The summed E-state index contributed by atoms with van der Waals surface area (Å²) in [6.07, 6.45) is 1.14. The smallest absolute Gasteiger partial charge is 0.333 e. The molecule has 0 spiro atoms. The van der Waals surface area contributed by atoms with Crippen LogP contribution in [0.5, 0.6) is 11.6 Å². The van der Waals surface area contributed by atoms with Gasteiger partial charge in [0.05, 0.1) is 0 Å². The van der Waals surface area contributed by atoms with E-state index in [0.29, 0.717) is 31.3 Å². The van der Waals surface area contributed by atoms with E-state index in [9.17, 15) is 4.79 Å². The minimum Gasteiger partial charge on any atom is -0.490 e. The van der Waals surface area contributed by atoms with E-state index in [1.807, 2.05) is 24.3 Å². The van der Waals surface area contributed by atoms with E-state index in [4.69, 9.17) is 19.3 Å². The summed E-state index contributed by atoms with van der Waals surface area (Å²) in [5, 5.41) is 8.96. The SMILES string of the molecule is CO[C@@H](Cc1ccc(OCCOc2ccccn2)cc1)C(=O)O. The first-order valence-electron chi connectivity index (χ1n) is 7.20. The van der Waals surface area contributed by atoms with Crippen LogP contribution in [-0.2, 0) is 16.0 Å². The molecular weight excluding hydrogens is 298 g/mol. The van der Waals surface area contributed by atoms with E-state index < -0.39 is 12.1 Å². The number of carboxylic acids is 1. The highest BCUT2D eigenvalue weighted by Gasteiger charge is 2.16. The van der Waals surface area contributed by atoms with Gasteiger partial charge in [0.2, 0.25) is 5.88 Å². The quantitative estimate of drug-likeness (QED) is 0.714. The van der Waals surface area contributed by atoms with Gasteiger partial charge < -0.3 is 19.3 Å². The summed E-state index contributed by atoms with van der Waals surface area (Å²) < 4.78 is 15.9. The van der Waals surface area contributed by atoms with E-state index >= 15 is 0 Å². The fourth-order valence-corrected chi connectivity index (χ4v) is 1.95. The molecule has 0 radical (unpaired) electrons. The molecule has 6 nitrogen and oxygen atoms in total. The molecule has 0 aliphatic heterocycles. The topological polar surface area (TPSA) is 77.9 Å². The van der Waals surface area contributed by atoms with E-state index in [2.05, 4.69) is 4.98 Å². The van der Waals surface area contributed by atoms with E-state index in [1.54, 1.807) is 24.4 Å². The second kappa shape index (κ2) is 8.75. The predicted molar refractivity (Wildman–Crippen MR) is 83.8 cm³/mol. The van der Waals surface area contributed by atoms with Gasteiger partial charge in [-0.3, -0.25) is 0 Å². The third kappa shape index (κ3) is 5.60. The number of benzene rings is 1. The maximum absolute atomic E-state index is 10.9. The molecule has 1 atom stereocenters. The Morgan fingerprint density at radius 1 is 1.13 bits per heavy atom. The number of methoxy groups -OCH3 is 1. The number of nitrogens with zero attached hydrogens (tertiary/aromatic N) is 1. The first kappa shape index (κ1) is 16.8. The molecule has 0 saturated carbocycles. The van der Waals surface area contributed by atoms with E-state index in [-0.39, 0.29) is 0 Å². The van der Waals surface area contributed by atoms with Gasteiger partial charge in [0.25, 0.3) is 0 Å². The zero-order valence-corrected chi connectivity index (χ0v) is 12.8. The maximum Gasteiger partial charge on any atom is 0.333 e. The summed E-state index contributed by atoms with van der Waals surface area (Å²) in [6.45, 7) is 0.787. The minimum atomic E-state index is -0.973. The fourth-order valence-electron chi connectivity index (χ4n) is 1.95. The molecule has 0 aliphatic rings. The van der Waals surface area contributed by atoms with Gasteiger partial charge in [0, 0.05) is 25.8 Å². The number of rotatable bonds is 9. The summed E-state index contributed by atoms with van der Waals surface area (Å²) in [5.74, 6) is 0.285. The van der Waals surface area contributed by atoms with Crippen molar-refractivity contribution >= 4 is 5.97 Å². The van der Waals surface area contributed by atoms with Crippen molar-refractivity contribution in [3.8, 4) is 11.6 Å². The number of carbonyl (C=O) groups is 1. The van der Waals surface area contributed by atoms with Gasteiger partial charge in [0.15, 0.2) is 6.10 Å². The number of carboxylic acid groups (broad SMARTS) is 1. The third-order valence-corrected chi connectivity index (χ3v) is 3.14. The second-order valence-electron chi connectivity index (χ2n) is 4.78. The fraction of sp³-hybridized carbons (Fsp3) is 0.294. The van der Waals surface area contributed by atoms with Crippen LogP contribution in [0.2, 0.25) is 0 Å². The molecule has 1 heterocycles. The van der Waals surface area contributed by atoms with Crippen molar-refractivity contribution in [1.29, 1.82) is 0 Å². The molecule has 0 saturated heterocycles. The molecule has 1 N–H and O–H groups in total. The van der Waals surface area contributed by atoms with Gasteiger partial charge >= 0.3 is 5.97 Å². The summed E-state index contributed by atoms with van der Waals surface area (Å²) in [5.41, 5.74) is 0.872. The first-order valence-corrected chi connectivity index (χ1v) is 7.20. The molecular formula is C17H19NO5. The third-order valence-electron chi connectivity index (χ3n) is 3.14. The van der Waals surface area contributed by atoms with Gasteiger partial charge in [-0.2, -0.15) is 0 Å². The second-order valence-corrected chi connectivity index (χ2v) is 4.78. The van der Waals surface area contributed by atoms with Gasteiger partial charge in [-0.05, 0) is 23.8 Å². The standard InChI is InChI=1S/C17H19NO5/c1-21-15(17(19)20)12-13-5-7-14(8-6-13)22-10-11-23-16-4-2-3-9-18-16/h2-9,15H,10-12H2,1H3,(H,19,20)/t15-/m0/s1. The summed E-state index contributed by atoms with van der Waals surface area (Å²) in [4.78, 5) is 15.0. The van der Waals surface area contributed by atoms with Crippen molar-refractivity contribution in [2.24, 2.45) is 0 Å². The van der Waals surface area contributed by atoms with Gasteiger partial charge in [-0.25, -0.2) is 9.78 Å². The molecule has 0 unspecified atom stereocenters. The molecule has 1 aromatic heterocycles. The Kier molecular flexibility index (Phi) is 6.38. The van der Waals surface area contributed by atoms with Crippen LogP contribution in [-0.4, -0.2) is 42.5 Å². The monoisotopic (exact) mass is 317 g/mol. The van der Waals surface area contributed by atoms with E-state index in [1.165, 1.54) is 7.11 Å². The van der Waals surface area contributed by atoms with Crippen LogP contribution in [0.4, 0.5) is 0 Å². The summed E-state index contributed by atoms with van der Waals surface area (Å²) in [7, 11) is 1.39. The van der Waals surface area contributed by atoms with Crippen LogP contribution < -0.4 is 9.47 Å². The number of ether oxygens (including phenoxy) is 3. The average molecular weight is 317 g/mol. The molecule has 1 aromatic carbocycles. The van der Waals surface area contributed by atoms with Gasteiger partial charge in [0.1, 0.15) is 19.0 Å². The van der Waals surface area contributed by atoms with Crippen LogP contribution in [0.1, 0.15) is 5.56 Å². The Balaban J connectivity index is 1.75. The van der Waals surface area contributed by atoms with Crippen LogP contribution in [0, 0.1) is 0 Å². The van der Waals surface area contributed by atoms with Crippen LogP contribution in [0.25, 0.3) is 0 Å². The molecule has 0 aliphatic carbocycles. The van der Waals surface area contributed by atoms with E-state index in [0.717, 1.165) is 5.56 Å². The Morgan fingerprint density at radius 3 is 2.48 bits per heavy atom. The molecule has 0 fully saturated rings. The zero-order chi connectivity index (χ0) is 16.5. The van der Waals surface area contributed by atoms with Crippen LogP contribution in [0.3, 0.4) is 0 Å². The normalized spacial score (nSPS) is 11.7. The molecule has 6 heteroatoms. The Bertz CT molecular complexity index is 600. The highest BCUT2D eigenvalue weighted by Crippen LogP contribution is 2.14. The molecule has 23 heavy (non-hydrogen) atoms. The highest BCUT2D eigenvalue weighted by atomic mass is 16.5. The van der Waals surface area contributed by atoms with Crippen molar-refractivity contribution in [3.63, 3.8) is 0 Å². The van der Waals surface area contributed by atoms with Crippen LogP contribution in [0.15, 0.2) is 48.7 Å². The molecule has 0 amide bonds. The largest absolute Gasteiger partial charge is 0.490 e. The number of pyridine rings is 1. The lowest BCUT2D eigenvalue weighted by Gasteiger charge is -2.11. The summed E-state index contributed by atoms with van der Waals surface area (Å²) in [6, 6.07) is 12.7. The Labute approximate surface area is 134 Å². The Hall–Kier alpha value is -2.60. The van der Waals surface area contributed by atoms with Crippen molar-refractivity contribution in [3.05, 3.63) is 54.2 Å². The molecule has 2 aromatic rings. The van der Waals surface area contributed by atoms with Crippen molar-refractivity contribution in [1.82, 2.24) is 4.98 Å². The molecule has 0 bridgehead atoms. The number of aromatic nitrogens is 1. The lowest BCUT2D eigenvalue weighted by Crippen LogP contribution is -2.24. The zero-order valence-electron chi connectivity index (χ0n) is 12.8. The maximum atomic E-state index is 10.9. The minimum absolute atomic E-state index is 0.314. The number of aliphatic carboxylic acids is 1. The van der Waals surface area contributed by atoms with Crippen molar-refractivity contribution in [2.75, 3.05) is 20.3 Å². The van der Waals surface area contributed by atoms with Crippen LogP contribution >= 0.6 is 0 Å². The number of hydrogen-bond acceptors (Lipinski definition) is 5. The first-order chi connectivity index (χ1) is 11.2. The molecule has 2 rings (SSSR count). The van der Waals surface area contributed by atoms with Crippen molar-refractivity contribution < 1.29 is 24.1 Å². The lowest BCUT2D eigenvalue weighted by molar-refractivity contribution is -0.148. The highest BCUT2D eigenvalue weighted by molar-refractivity contribution is 5.72. The van der Waals surface area contributed by atoms with Gasteiger partial charge in [-0.15, -0.1) is 0 Å². The number of hydrogen-bond donors (Lipinski definition) is 1. The van der Waals surface area contributed by atoms with Crippen molar-refractivity contribution in [2.45, 2.75) is 12.5 Å². The Morgan fingerprint density at radius 2 is 1.87 bits per heavy atom. The molecule has 122 valence electrons. The predicted octanol–water partition coefficient (Wildman–Crippen LogP) is 2.18. The lowest BCUT2D eigenvalue weighted by atomic mass is 10.1. The average Bonchev–Trinajstić information content (AvgIpc) is 2.58.